The lowest BCUT2D eigenvalue weighted by Gasteiger charge is -2.09. The number of carbonyl (C=O) groups excluding carboxylic acids is 2. The molecule has 0 bridgehead atoms. The van der Waals surface area contributed by atoms with Crippen molar-refractivity contribution < 1.29 is 9.59 Å². The lowest BCUT2D eigenvalue weighted by molar-refractivity contribution is 0.111. The summed E-state index contributed by atoms with van der Waals surface area (Å²) >= 11 is 0. The zero-order valence-corrected chi connectivity index (χ0v) is 9.59. The zero-order valence-electron chi connectivity index (χ0n) is 9.59. The molecule has 0 spiro atoms. The fourth-order valence-electron chi connectivity index (χ4n) is 1.85. The Kier molecular flexibility index (Phi) is 3.10. The van der Waals surface area contributed by atoms with Gasteiger partial charge in [0.1, 0.15) is 0 Å². The number of hydrogen-bond donors (Lipinski definition) is 2. The van der Waals surface area contributed by atoms with E-state index in [0.717, 1.165) is 12.6 Å². The minimum atomic E-state index is 0.447. The van der Waals surface area contributed by atoms with Crippen molar-refractivity contribution in [2.24, 2.45) is 0 Å². The van der Waals surface area contributed by atoms with Gasteiger partial charge in [0.25, 0.3) is 0 Å². The van der Waals surface area contributed by atoms with Crippen molar-refractivity contribution in [3.63, 3.8) is 0 Å². The van der Waals surface area contributed by atoms with Crippen LogP contribution in [0, 0.1) is 0 Å². The number of nitrogen functional groups attached to an aromatic ring is 2. The first-order chi connectivity index (χ1) is 8.65. The van der Waals surface area contributed by atoms with Crippen molar-refractivity contribution in [1.82, 2.24) is 0 Å². The van der Waals surface area contributed by atoms with Crippen LogP contribution >= 0.6 is 0 Å². The van der Waals surface area contributed by atoms with Crippen LogP contribution < -0.4 is 11.5 Å². The molecule has 0 amide bonds. The van der Waals surface area contributed by atoms with Gasteiger partial charge in [0, 0.05) is 22.5 Å². The lowest BCUT2D eigenvalue weighted by Crippen LogP contribution is -1.96. The molecule has 2 rings (SSSR count). The number of rotatable bonds is 3. The monoisotopic (exact) mass is 240 g/mol. The average Bonchev–Trinajstić information content (AvgIpc) is 2.38. The molecule has 0 radical (unpaired) electrons. The standard InChI is InChI=1S/C14H12N2O2/c15-11-1-3-13(9(5-11)7-17)14-4-2-12(16)6-10(14)8-18/h1-8H,15-16H2. The minimum absolute atomic E-state index is 0.447. The molecular formula is C14H12N2O2. The third-order valence-electron chi connectivity index (χ3n) is 2.70. The molecule has 2 aromatic rings. The summed E-state index contributed by atoms with van der Waals surface area (Å²) in [6.07, 6.45) is 1.44. The van der Waals surface area contributed by atoms with Gasteiger partial charge in [-0.15, -0.1) is 0 Å². The lowest BCUT2D eigenvalue weighted by atomic mass is 9.95. The van der Waals surface area contributed by atoms with Crippen LogP contribution in [0.2, 0.25) is 0 Å². The molecule has 0 aliphatic rings. The van der Waals surface area contributed by atoms with Gasteiger partial charge >= 0.3 is 0 Å². The van der Waals surface area contributed by atoms with Crippen LogP contribution in [0.25, 0.3) is 11.1 Å². The molecule has 4 N–H and O–H groups in total. The van der Waals surface area contributed by atoms with Crippen molar-refractivity contribution in [3.8, 4) is 11.1 Å². The number of aldehydes is 2. The summed E-state index contributed by atoms with van der Waals surface area (Å²) in [5.74, 6) is 0. The fraction of sp³-hybridized carbons (Fsp3) is 0. The molecule has 0 aromatic heterocycles. The highest BCUT2D eigenvalue weighted by molar-refractivity contribution is 5.95. The van der Waals surface area contributed by atoms with E-state index in [4.69, 9.17) is 11.5 Å². The molecule has 4 nitrogen and oxygen atoms in total. The van der Waals surface area contributed by atoms with Crippen molar-refractivity contribution in [3.05, 3.63) is 47.5 Å². The Morgan fingerprint density at radius 1 is 0.722 bits per heavy atom. The Hall–Kier alpha value is -2.62. The third kappa shape index (κ3) is 2.08. The molecule has 18 heavy (non-hydrogen) atoms. The second kappa shape index (κ2) is 4.71. The summed E-state index contributed by atoms with van der Waals surface area (Å²) in [6, 6.07) is 9.97. The summed E-state index contributed by atoms with van der Waals surface area (Å²) in [4.78, 5) is 22.1. The number of nitrogens with two attached hydrogens (primary N) is 2. The Morgan fingerprint density at radius 3 is 1.44 bits per heavy atom. The first kappa shape index (κ1) is 11.9. The molecule has 0 saturated heterocycles. The van der Waals surface area contributed by atoms with Gasteiger partial charge in [-0.2, -0.15) is 0 Å². The van der Waals surface area contributed by atoms with Crippen molar-refractivity contribution in [1.29, 1.82) is 0 Å². The highest BCUT2D eigenvalue weighted by atomic mass is 16.1. The fourth-order valence-corrected chi connectivity index (χ4v) is 1.85. The Morgan fingerprint density at radius 2 is 1.11 bits per heavy atom. The van der Waals surface area contributed by atoms with Crippen LogP contribution in [0.4, 0.5) is 11.4 Å². The van der Waals surface area contributed by atoms with Gasteiger partial charge in [0.2, 0.25) is 0 Å². The number of carbonyl (C=O) groups is 2. The van der Waals surface area contributed by atoms with Crippen LogP contribution in [-0.4, -0.2) is 12.6 Å². The van der Waals surface area contributed by atoms with Crippen molar-refractivity contribution >= 4 is 23.9 Å². The van der Waals surface area contributed by atoms with Crippen LogP contribution in [0.1, 0.15) is 20.7 Å². The van der Waals surface area contributed by atoms with Gasteiger partial charge in [0.15, 0.2) is 12.6 Å². The van der Waals surface area contributed by atoms with Gasteiger partial charge in [0.05, 0.1) is 0 Å². The van der Waals surface area contributed by atoms with Crippen LogP contribution in [-0.2, 0) is 0 Å². The highest BCUT2D eigenvalue weighted by Gasteiger charge is 2.09. The smallest absolute Gasteiger partial charge is 0.150 e. The van der Waals surface area contributed by atoms with E-state index in [1.807, 2.05) is 0 Å². The maximum Gasteiger partial charge on any atom is 0.150 e. The molecule has 0 aliphatic carbocycles. The van der Waals surface area contributed by atoms with E-state index in [1.165, 1.54) is 0 Å². The Labute approximate surface area is 104 Å². The Bertz CT molecular complexity index is 566. The molecule has 0 fully saturated rings. The van der Waals surface area contributed by atoms with E-state index in [2.05, 4.69) is 0 Å². The molecule has 0 aliphatic heterocycles. The molecule has 0 heterocycles. The summed E-state index contributed by atoms with van der Waals surface area (Å²) in [7, 11) is 0. The number of benzene rings is 2. The van der Waals surface area contributed by atoms with Gasteiger partial charge in [-0.25, -0.2) is 0 Å². The zero-order chi connectivity index (χ0) is 13.1. The van der Waals surface area contributed by atoms with E-state index < -0.39 is 0 Å². The highest BCUT2D eigenvalue weighted by Crippen LogP contribution is 2.28. The molecule has 0 saturated carbocycles. The van der Waals surface area contributed by atoms with E-state index in [-0.39, 0.29) is 0 Å². The first-order valence-corrected chi connectivity index (χ1v) is 5.35. The number of anilines is 2. The maximum absolute atomic E-state index is 11.1. The second-order valence-corrected chi connectivity index (χ2v) is 3.93. The minimum Gasteiger partial charge on any atom is -0.399 e. The van der Waals surface area contributed by atoms with Crippen molar-refractivity contribution in [2.75, 3.05) is 11.5 Å². The second-order valence-electron chi connectivity index (χ2n) is 3.93. The van der Waals surface area contributed by atoms with E-state index in [9.17, 15) is 9.59 Å². The van der Waals surface area contributed by atoms with E-state index in [0.29, 0.717) is 33.6 Å². The predicted octanol–water partition coefficient (Wildman–Crippen LogP) is 2.14. The van der Waals surface area contributed by atoms with Gasteiger partial charge < -0.3 is 11.5 Å². The maximum atomic E-state index is 11.1. The molecule has 90 valence electrons. The van der Waals surface area contributed by atoms with Gasteiger partial charge in [-0.1, -0.05) is 12.1 Å². The molecule has 2 aromatic carbocycles. The predicted molar refractivity (Wildman–Crippen MR) is 71.5 cm³/mol. The topological polar surface area (TPSA) is 86.2 Å². The normalized spacial score (nSPS) is 10.0. The van der Waals surface area contributed by atoms with Gasteiger partial charge in [-0.3, -0.25) is 9.59 Å². The van der Waals surface area contributed by atoms with Crippen LogP contribution in [0.15, 0.2) is 36.4 Å². The summed E-state index contributed by atoms with van der Waals surface area (Å²) in [5, 5.41) is 0. The first-order valence-electron chi connectivity index (χ1n) is 5.35. The van der Waals surface area contributed by atoms with E-state index >= 15 is 0 Å². The average molecular weight is 240 g/mol. The van der Waals surface area contributed by atoms with E-state index in [1.54, 1.807) is 36.4 Å². The Balaban J connectivity index is 2.68. The quantitative estimate of drug-likeness (QED) is 0.635. The molecule has 0 atom stereocenters. The SMILES string of the molecule is Nc1ccc(-c2ccc(N)cc2C=O)c(C=O)c1. The number of hydrogen-bond acceptors (Lipinski definition) is 4. The third-order valence-corrected chi connectivity index (χ3v) is 2.70. The molecular weight excluding hydrogens is 228 g/mol. The molecule has 0 unspecified atom stereocenters. The summed E-state index contributed by atoms with van der Waals surface area (Å²) in [5.41, 5.74) is 14.5. The van der Waals surface area contributed by atoms with Crippen LogP contribution in [0.3, 0.4) is 0 Å². The van der Waals surface area contributed by atoms with Gasteiger partial charge in [-0.05, 0) is 35.4 Å². The van der Waals surface area contributed by atoms with Crippen molar-refractivity contribution in [2.45, 2.75) is 0 Å². The summed E-state index contributed by atoms with van der Waals surface area (Å²) < 4.78 is 0. The summed E-state index contributed by atoms with van der Waals surface area (Å²) in [6.45, 7) is 0. The van der Waals surface area contributed by atoms with Crippen LogP contribution in [0.5, 0.6) is 0 Å². The molecule has 4 heteroatoms. The largest absolute Gasteiger partial charge is 0.399 e.